The van der Waals surface area contributed by atoms with Gasteiger partial charge < -0.3 is 4.74 Å². The van der Waals surface area contributed by atoms with Gasteiger partial charge in [-0.2, -0.15) is 0 Å². The van der Waals surface area contributed by atoms with Crippen LogP contribution in [-0.2, 0) is 14.3 Å². The van der Waals surface area contributed by atoms with E-state index >= 15 is 0 Å². The fraction of sp³-hybridized carbons (Fsp3) is 0.500. The third-order valence-electron chi connectivity index (χ3n) is 5.38. The minimum atomic E-state index is -0.230. The first kappa shape index (κ1) is 12.1. The minimum Gasteiger partial charge on any atom is -0.381 e. The Morgan fingerprint density at radius 3 is 2.40 bits per heavy atom. The molecule has 0 N–H and O–H groups in total. The van der Waals surface area contributed by atoms with Crippen LogP contribution in [0.2, 0.25) is 0 Å². The molecule has 0 spiro atoms. The summed E-state index contributed by atoms with van der Waals surface area (Å²) in [6.45, 7) is 0. The molecular formula is C16H17NO3. The summed E-state index contributed by atoms with van der Waals surface area (Å²) in [4.78, 5) is 26.2. The molecule has 4 aliphatic rings. The molecule has 5 atom stereocenters. The van der Waals surface area contributed by atoms with Gasteiger partial charge in [-0.15, -0.1) is 0 Å². The Balaban J connectivity index is 1.92. The zero-order chi connectivity index (χ0) is 14.0. The van der Waals surface area contributed by atoms with Crippen LogP contribution in [0.25, 0.3) is 0 Å². The van der Waals surface area contributed by atoms with E-state index in [1.54, 1.807) is 14.2 Å². The Kier molecular flexibility index (Phi) is 2.37. The fourth-order valence-corrected chi connectivity index (χ4v) is 4.55. The maximum Gasteiger partial charge on any atom is 0.233 e. The average Bonchev–Trinajstić information content (AvgIpc) is 2.73. The molecule has 104 valence electrons. The van der Waals surface area contributed by atoms with Crippen LogP contribution in [0.5, 0.6) is 0 Å². The molecule has 2 fully saturated rings. The van der Waals surface area contributed by atoms with Gasteiger partial charge in [-0.1, -0.05) is 24.3 Å². The number of fused-ring (bicyclic) bond motifs is 1. The Labute approximate surface area is 117 Å². The molecule has 1 aliphatic heterocycles. The molecule has 2 bridgehead atoms. The molecule has 1 heterocycles. The van der Waals surface area contributed by atoms with Crippen LogP contribution in [0.3, 0.4) is 0 Å². The topological polar surface area (TPSA) is 46.6 Å². The van der Waals surface area contributed by atoms with Gasteiger partial charge in [0.05, 0.1) is 17.9 Å². The molecule has 3 aliphatic carbocycles. The van der Waals surface area contributed by atoms with Gasteiger partial charge in [-0.3, -0.25) is 14.5 Å². The van der Waals surface area contributed by atoms with Gasteiger partial charge in [0.2, 0.25) is 11.8 Å². The number of nitrogens with zero attached hydrogens (tertiary/aromatic N) is 1. The van der Waals surface area contributed by atoms with Crippen LogP contribution >= 0.6 is 0 Å². The molecule has 1 aromatic carbocycles. The van der Waals surface area contributed by atoms with Gasteiger partial charge in [-0.25, -0.2) is 0 Å². The third-order valence-corrected chi connectivity index (χ3v) is 5.38. The van der Waals surface area contributed by atoms with Gasteiger partial charge in [0.25, 0.3) is 0 Å². The maximum absolute atomic E-state index is 12.5. The van der Waals surface area contributed by atoms with Crippen molar-refractivity contribution in [3.05, 3.63) is 35.4 Å². The highest BCUT2D eigenvalue weighted by Crippen LogP contribution is 2.59. The molecule has 5 rings (SSSR count). The van der Waals surface area contributed by atoms with Gasteiger partial charge in [-0.05, 0) is 23.5 Å². The van der Waals surface area contributed by atoms with E-state index < -0.39 is 0 Å². The van der Waals surface area contributed by atoms with Crippen LogP contribution in [0.4, 0.5) is 0 Å². The molecule has 4 heteroatoms. The summed E-state index contributed by atoms with van der Waals surface area (Å²) in [6, 6.07) is 8.21. The molecule has 1 saturated heterocycles. The number of benzene rings is 1. The second-order valence-corrected chi connectivity index (χ2v) is 6.06. The lowest BCUT2D eigenvalue weighted by Crippen LogP contribution is -2.47. The standard InChI is InChI=1S/C16H17NO3/c1-17-15(18)13-10-7-11(20-2)12(14(13)16(17)19)9-6-4-3-5-8(9)10/h3-6,10-14H,7H2,1-2H3. The summed E-state index contributed by atoms with van der Waals surface area (Å²) < 4.78 is 5.63. The smallest absolute Gasteiger partial charge is 0.233 e. The van der Waals surface area contributed by atoms with E-state index in [-0.39, 0.29) is 41.6 Å². The molecule has 2 amide bonds. The Morgan fingerprint density at radius 2 is 1.70 bits per heavy atom. The van der Waals surface area contributed by atoms with Crippen molar-refractivity contribution < 1.29 is 14.3 Å². The Morgan fingerprint density at radius 1 is 1.05 bits per heavy atom. The number of carbonyl (C=O) groups excluding carboxylic acids is 2. The number of amides is 2. The number of methoxy groups -OCH3 is 1. The average molecular weight is 271 g/mol. The van der Waals surface area contributed by atoms with Gasteiger partial charge in [0.15, 0.2) is 0 Å². The molecule has 0 aromatic heterocycles. The highest BCUT2D eigenvalue weighted by Gasteiger charge is 2.61. The summed E-state index contributed by atoms with van der Waals surface area (Å²) in [7, 11) is 3.31. The molecule has 20 heavy (non-hydrogen) atoms. The van der Waals surface area contributed by atoms with Crippen molar-refractivity contribution in [1.82, 2.24) is 4.90 Å². The predicted molar refractivity (Wildman–Crippen MR) is 72.1 cm³/mol. The van der Waals surface area contributed by atoms with Crippen molar-refractivity contribution in [3.8, 4) is 0 Å². The molecule has 1 saturated carbocycles. The number of carbonyl (C=O) groups is 2. The van der Waals surface area contributed by atoms with E-state index in [2.05, 4.69) is 12.1 Å². The molecule has 5 unspecified atom stereocenters. The summed E-state index contributed by atoms with van der Waals surface area (Å²) in [5, 5.41) is 0. The lowest BCUT2D eigenvalue weighted by molar-refractivity contribution is -0.138. The number of rotatable bonds is 1. The highest BCUT2D eigenvalue weighted by molar-refractivity contribution is 6.06. The SMILES string of the molecule is COC1CC2c3ccccc3C1C1C(=O)N(C)C(=O)C21. The van der Waals surface area contributed by atoms with E-state index in [0.29, 0.717) is 0 Å². The first-order valence-corrected chi connectivity index (χ1v) is 7.08. The van der Waals surface area contributed by atoms with Crippen LogP contribution in [-0.4, -0.2) is 37.0 Å². The highest BCUT2D eigenvalue weighted by atomic mass is 16.5. The van der Waals surface area contributed by atoms with E-state index in [9.17, 15) is 9.59 Å². The van der Waals surface area contributed by atoms with Crippen LogP contribution in [0.1, 0.15) is 29.4 Å². The van der Waals surface area contributed by atoms with Crippen molar-refractivity contribution in [2.24, 2.45) is 11.8 Å². The zero-order valence-electron chi connectivity index (χ0n) is 11.6. The summed E-state index contributed by atoms with van der Waals surface area (Å²) in [5.41, 5.74) is 2.44. The summed E-state index contributed by atoms with van der Waals surface area (Å²) in [6.07, 6.45) is 0.881. The van der Waals surface area contributed by atoms with Crippen molar-refractivity contribution in [2.45, 2.75) is 24.4 Å². The fourth-order valence-electron chi connectivity index (χ4n) is 4.55. The normalized spacial score (nSPS) is 38.1. The van der Waals surface area contributed by atoms with Crippen molar-refractivity contribution in [3.63, 3.8) is 0 Å². The Bertz CT molecular complexity index is 611. The monoisotopic (exact) mass is 271 g/mol. The lowest BCUT2D eigenvalue weighted by Gasteiger charge is -2.48. The van der Waals surface area contributed by atoms with Gasteiger partial charge >= 0.3 is 0 Å². The minimum absolute atomic E-state index is 0.0148. The Hall–Kier alpha value is -1.68. The van der Waals surface area contributed by atoms with E-state index in [0.717, 1.165) is 6.42 Å². The number of likely N-dealkylation sites (tertiary alicyclic amines) is 1. The number of imide groups is 1. The summed E-state index contributed by atoms with van der Waals surface area (Å²) >= 11 is 0. The first-order valence-electron chi connectivity index (χ1n) is 7.08. The summed E-state index contributed by atoms with van der Waals surface area (Å²) in [5.74, 6) is -0.324. The number of hydrogen-bond acceptors (Lipinski definition) is 3. The van der Waals surface area contributed by atoms with E-state index in [4.69, 9.17) is 4.74 Å². The quantitative estimate of drug-likeness (QED) is 0.727. The zero-order valence-corrected chi connectivity index (χ0v) is 11.6. The largest absolute Gasteiger partial charge is 0.381 e. The second kappa shape index (κ2) is 3.92. The second-order valence-electron chi connectivity index (χ2n) is 6.06. The number of hydrogen-bond donors (Lipinski definition) is 0. The van der Waals surface area contributed by atoms with Gasteiger partial charge in [0.1, 0.15) is 0 Å². The van der Waals surface area contributed by atoms with Crippen molar-refractivity contribution in [2.75, 3.05) is 14.2 Å². The van der Waals surface area contributed by atoms with Crippen molar-refractivity contribution in [1.29, 1.82) is 0 Å². The molecular weight excluding hydrogens is 254 g/mol. The first-order chi connectivity index (χ1) is 9.65. The molecule has 4 nitrogen and oxygen atoms in total. The van der Waals surface area contributed by atoms with Gasteiger partial charge in [0, 0.05) is 20.1 Å². The van der Waals surface area contributed by atoms with Crippen LogP contribution < -0.4 is 0 Å². The van der Waals surface area contributed by atoms with Crippen LogP contribution in [0.15, 0.2) is 24.3 Å². The predicted octanol–water partition coefficient (Wildman–Crippen LogP) is 1.52. The molecule has 1 aromatic rings. The lowest BCUT2D eigenvalue weighted by atomic mass is 9.56. The maximum atomic E-state index is 12.5. The van der Waals surface area contributed by atoms with Crippen LogP contribution in [0, 0.1) is 11.8 Å². The van der Waals surface area contributed by atoms with Crippen molar-refractivity contribution >= 4 is 11.8 Å². The molecule has 0 radical (unpaired) electrons. The third kappa shape index (κ3) is 1.25. The number of ether oxygens (including phenoxy) is 1. The van der Waals surface area contributed by atoms with E-state index in [1.807, 2.05) is 12.1 Å². The van der Waals surface area contributed by atoms with E-state index in [1.165, 1.54) is 16.0 Å².